The number of pyridine rings is 1. The van der Waals surface area contributed by atoms with Crippen molar-refractivity contribution in [2.45, 2.75) is 24.8 Å². The van der Waals surface area contributed by atoms with E-state index in [1.54, 1.807) is 0 Å². The second-order valence-corrected chi connectivity index (χ2v) is 8.30. The third-order valence-corrected chi connectivity index (χ3v) is 5.59. The molecular formula is C23H21F6N5O3. The van der Waals surface area contributed by atoms with Gasteiger partial charge < -0.3 is 14.6 Å². The van der Waals surface area contributed by atoms with Gasteiger partial charge in [-0.2, -0.15) is 31.3 Å². The molecule has 1 N–H and O–H groups in total. The van der Waals surface area contributed by atoms with Gasteiger partial charge in [0.25, 0.3) is 0 Å². The van der Waals surface area contributed by atoms with Crippen LogP contribution in [0.25, 0.3) is 11.4 Å². The number of nitrogens with zero attached hydrogens (tertiary/aromatic N) is 4. The van der Waals surface area contributed by atoms with Crippen LogP contribution in [0.1, 0.15) is 28.8 Å². The molecule has 1 amide bonds. The van der Waals surface area contributed by atoms with E-state index in [-0.39, 0.29) is 35.8 Å². The lowest BCUT2D eigenvalue weighted by molar-refractivity contribution is -0.159. The van der Waals surface area contributed by atoms with Gasteiger partial charge in [-0.1, -0.05) is 17.3 Å². The fourth-order valence-electron chi connectivity index (χ4n) is 3.73. The number of rotatable bonds is 7. The molecule has 3 heterocycles. The van der Waals surface area contributed by atoms with Crippen molar-refractivity contribution in [3.63, 3.8) is 0 Å². The standard InChI is InChI=1S/C23H21F6N5O3/c24-22(25,26)16-3-1-2-14(10-16)18(31-19(35)13-34-6-8-36-9-7-34)11-17-5-4-15(12-30-17)20-32-21(37-33-20)23(27,28)29/h1-5,10,12,18H,6-9,11,13H2,(H,31,35). The largest absolute Gasteiger partial charge is 0.471 e. The SMILES string of the molecule is O=C(CN1CCOCC1)NC(Cc1ccc(-c2noc(C(F)(F)F)n2)cn1)c1cccc(C(F)(F)F)c1. The average Bonchev–Trinajstić information content (AvgIpc) is 3.35. The van der Waals surface area contributed by atoms with Crippen molar-refractivity contribution < 1.29 is 40.4 Å². The van der Waals surface area contributed by atoms with Crippen molar-refractivity contribution >= 4 is 5.91 Å². The van der Waals surface area contributed by atoms with Crippen molar-refractivity contribution in [1.29, 1.82) is 0 Å². The number of morpholine rings is 1. The van der Waals surface area contributed by atoms with Crippen molar-refractivity contribution in [1.82, 2.24) is 25.3 Å². The maximum absolute atomic E-state index is 13.3. The van der Waals surface area contributed by atoms with Gasteiger partial charge in [0.15, 0.2) is 0 Å². The number of halogens is 6. The summed E-state index contributed by atoms with van der Waals surface area (Å²) in [6, 6.07) is 6.65. The van der Waals surface area contributed by atoms with Crippen molar-refractivity contribution in [2.24, 2.45) is 0 Å². The Kier molecular flexibility index (Phi) is 7.78. The van der Waals surface area contributed by atoms with Gasteiger partial charge in [-0.15, -0.1) is 0 Å². The van der Waals surface area contributed by atoms with Crippen LogP contribution in [0.15, 0.2) is 47.1 Å². The molecular weight excluding hydrogens is 508 g/mol. The van der Waals surface area contributed by atoms with E-state index in [1.165, 1.54) is 30.5 Å². The molecule has 0 bridgehead atoms. The lowest BCUT2D eigenvalue weighted by Gasteiger charge is -2.27. The molecule has 8 nitrogen and oxygen atoms in total. The highest BCUT2D eigenvalue weighted by atomic mass is 19.4. The van der Waals surface area contributed by atoms with E-state index in [4.69, 9.17) is 4.74 Å². The summed E-state index contributed by atoms with van der Waals surface area (Å²) in [7, 11) is 0. The summed E-state index contributed by atoms with van der Waals surface area (Å²) in [6.45, 7) is 2.11. The maximum Gasteiger partial charge on any atom is 0.471 e. The van der Waals surface area contributed by atoms with Crippen LogP contribution in [-0.2, 0) is 28.3 Å². The van der Waals surface area contributed by atoms with Crippen LogP contribution in [-0.4, -0.2) is 58.8 Å². The molecule has 14 heteroatoms. The fraction of sp³-hybridized carbons (Fsp3) is 0.391. The van der Waals surface area contributed by atoms with Crippen LogP contribution in [0.3, 0.4) is 0 Å². The van der Waals surface area contributed by atoms with Crippen LogP contribution in [0, 0.1) is 0 Å². The van der Waals surface area contributed by atoms with Crippen LogP contribution >= 0.6 is 0 Å². The second-order valence-electron chi connectivity index (χ2n) is 8.30. The quantitative estimate of drug-likeness (QED) is 0.464. The van der Waals surface area contributed by atoms with Gasteiger partial charge in [-0.25, -0.2) is 0 Å². The second kappa shape index (κ2) is 10.8. The number of aromatic nitrogens is 3. The van der Waals surface area contributed by atoms with Gasteiger partial charge in [0.1, 0.15) is 0 Å². The lowest BCUT2D eigenvalue weighted by atomic mass is 9.99. The average molecular weight is 529 g/mol. The molecule has 2 aromatic heterocycles. The van der Waals surface area contributed by atoms with Gasteiger partial charge in [0.2, 0.25) is 11.7 Å². The van der Waals surface area contributed by atoms with Gasteiger partial charge in [0.05, 0.1) is 31.4 Å². The highest BCUT2D eigenvalue weighted by Crippen LogP contribution is 2.32. The van der Waals surface area contributed by atoms with Gasteiger partial charge >= 0.3 is 18.2 Å². The third-order valence-electron chi connectivity index (χ3n) is 5.59. The monoisotopic (exact) mass is 529 g/mol. The third kappa shape index (κ3) is 7.04. The summed E-state index contributed by atoms with van der Waals surface area (Å²) in [6.07, 6.45) is -8.12. The molecule has 1 saturated heterocycles. The molecule has 0 saturated carbocycles. The Morgan fingerprint density at radius 2 is 1.81 bits per heavy atom. The zero-order valence-corrected chi connectivity index (χ0v) is 19.1. The molecule has 0 radical (unpaired) electrons. The number of ether oxygens (including phenoxy) is 1. The van der Waals surface area contributed by atoms with Crippen molar-refractivity contribution in [3.05, 3.63) is 65.3 Å². The van der Waals surface area contributed by atoms with E-state index < -0.39 is 29.8 Å². The normalized spacial score (nSPS) is 15.9. The number of carbonyl (C=O) groups is 1. The Morgan fingerprint density at radius 1 is 1.05 bits per heavy atom. The maximum atomic E-state index is 13.3. The van der Waals surface area contributed by atoms with Gasteiger partial charge in [-0.3, -0.25) is 14.7 Å². The molecule has 1 atom stereocenters. The topological polar surface area (TPSA) is 93.4 Å². The first-order valence-electron chi connectivity index (χ1n) is 11.1. The first-order chi connectivity index (χ1) is 17.5. The summed E-state index contributed by atoms with van der Waals surface area (Å²) in [5.74, 6) is -2.20. The summed E-state index contributed by atoms with van der Waals surface area (Å²) < 4.78 is 87.5. The minimum atomic E-state index is -4.80. The Bertz CT molecular complexity index is 1210. The number of hydrogen-bond acceptors (Lipinski definition) is 7. The number of benzene rings is 1. The summed E-state index contributed by atoms with van der Waals surface area (Å²) >= 11 is 0. The van der Waals surface area contributed by atoms with Crippen molar-refractivity contribution in [2.75, 3.05) is 32.8 Å². The predicted octanol–water partition coefficient (Wildman–Crippen LogP) is 3.90. The van der Waals surface area contributed by atoms with Crippen LogP contribution in [0.5, 0.6) is 0 Å². The predicted molar refractivity (Wildman–Crippen MR) is 116 cm³/mol. The summed E-state index contributed by atoms with van der Waals surface area (Å²) in [5, 5.41) is 6.08. The fourth-order valence-corrected chi connectivity index (χ4v) is 3.73. The van der Waals surface area contributed by atoms with Crippen LogP contribution < -0.4 is 5.32 Å². The molecule has 1 aliphatic rings. The van der Waals surface area contributed by atoms with E-state index in [0.29, 0.717) is 32.0 Å². The Morgan fingerprint density at radius 3 is 2.43 bits per heavy atom. The number of amides is 1. The smallest absolute Gasteiger partial charge is 0.379 e. The molecule has 1 aliphatic heterocycles. The summed E-state index contributed by atoms with van der Waals surface area (Å²) in [4.78, 5) is 22.1. The molecule has 1 aromatic carbocycles. The Hall–Kier alpha value is -3.52. The van der Waals surface area contributed by atoms with E-state index in [1.807, 2.05) is 4.90 Å². The molecule has 4 rings (SSSR count). The molecule has 3 aromatic rings. The Labute approximate surface area is 206 Å². The van der Waals surface area contributed by atoms with E-state index in [2.05, 4.69) is 25.0 Å². The van der Waals surface area contributed by atoms with E-state index >= 15 is 0 Å². The minimum absolute atomic E-state index is 0.0243. The van der Waals surface area contributed by atoms with E-state index in [0.717, 1.165) is 12.1 Å². The van der Waals surface area contributed by atoms with Crippen LogP contribution in [0.2, 0.25) is 0 Å². The molecule has 0 aliphatic carbocycles. The number of nitrogens with one attached hydrogen (secondary N) is 1. The number of carbonyl (C=O) groups excluding carboxylic acids is 1. The molecule has 1 unspecified atom stereocenters. The lowest BCUT2D eigenvalue weighted by Crippen LogP contribution is -2.44. The molecule has 37 heavy (non-hydrogen) atoms. The van der Waals surface area contributed by atoms with Crippen molar-refractivity contribution in [3.8, 4) is 11.4 Å². The first kappa shape index (κ1) is 26.5. The Balaban J connectivity index is 1.53. The van der Waals surface area contributed by atoms with Gasteiger partial charge in [0, 0.05) is 37.0 Å². The molecule has 0 spiro atoms. The minimum Gasteiger partial charge on any atom is -0.379 e. The zero-order valence-electron chi connectivity index (χ0n) is 19.1. The summed E-state index contributed by atoms with van der Waals surface area (Å²) in [5.41, 5.74) is -0.116. The highest BCUT2D eigenvalue weighted by Gasteiger charge is 2.38. The number of hydrogen-bond donors (Lipinski definition) is 1. The molecule has 198 valence electrons. The van der Waals surface area contributed by atoms with Gasteiger partial charge in [-0.05, 0) is 29.8 Å². The highest BCUT2D eigenvalue weighted by molar-refractivity contribution is 5.78. The molecule has 1 fully saturated rings. The number of alkyl halides is 6. The first-order valence-corrected chi connectivity index (χ1v) is 11.1. The van der Waals surface area contributed by atoms with E-state index in [9.17, 15) is 31.1 Å². The zero-order chi connectivity index (χ0) is 26.6. The van der Waals surface area contributed by atoms with Crippen LogP contribution in [0.4, 0.5) is 26.3 Å².